The molecule has 22 heavy (non-hydrogen) atoms. The van der Waals surface area contributed by atoms with Crippen molar-refractivity contribution in [1.29, 1.82) is 0 Å². The first-order valence-electron chi connectivity index (χ1n) is 8.16. The van der Waals surface area contributed by atoms with Crippen LogP contribution in [0.15, 0.2) is 16.9 Å². The third-order valence-electron chi connectivity index (χ3n) is 4.04. The minimum Gasteiger partial charge on any atom is -0.363 e. The van der Waals surface area contributed by atoms with Gasteiger partial charge in [-0.15, -0.1) is 0 Å². The molecule has 1 saturated carbocycles. The first kappa shape index (κ1) is 16.5. The quantitative estimate of drug-likeness (QED) is 0.761. The third kappa shape index (κ3) is 4.58. The van der Waals surface area contributed by atoms with Crippen LogP contribution in [0.4, 0.5) is 5.82 Å². The van der Waals surface area contributed by atoms with Crippen molar-refractivity contribution in [3.8, 4) is 0 Å². The predicted octanol–water partition coefficient (Wildman–Crippen LogP) is 2.82. The van der Waals surface area contributed by atoms with Gasteiger partial charge in [0.05, 0.1) is 0 Å². The largest absolute Gasteiger partial charge is 0.363 e. The Balaban J connectivity index is 1.93. The standard InChI is InChI=1S/C16H25N3O3/c1-3-5-6-12(4-2)16(21)19(13-7-8-13)11-15(20)17-14-9-10-22-18-14/h9-10,12-13H,3-8,11H2,1-2H3,(H,17,18,20)/t12-/m0/s1. The molecular weight excluding hydrogens is 282 g/mol. The van der Waals surface area contributed by atoms with E-state index < -0.39 is 0 Å². The summed E-state index contributed by atoms with van der Waals surface area (Å²) in [4.78, 5) is 26.6. The summed E-state index contributed by atoms with van der Waals surface area (Å²) in [7, 11) is 0. The summed E-state index contributed by atoms with van der Waals surface area (Å²) >= 11 is 0. The minimum atomic E-state index is -0.223. The van der Waals surface area contributed by atoms with Gasteiger partial charge in [0.1, 0.15) is 12.8 Å². The van der Waals surface area contributed by atoms with Crippen LogP contribution in [0, 0.1) is 5.92 Å². The van der Waals surface area contributed by atoms with Crippen LogP contribution < -0.4 is 5.32 Å². The van der Waals surface area contributed by atoms with Crippen LogP contribution in [0.1, 0.15) is 52.4 Å². The van der Waals surface area contributed by atoms with Gasteiger partial charge in [0.2, 0.25) is 11.8 Å². The van der Waals surface area contributed by atoms with Gasteiger partial charge in [0, 0.05) is 18.0 Å². The van der Waals surface area contributed by atoms with Gasteiger partial charge in [0.15, 0.2) is 5.82 Å². The Morgan fingerprint density at radius 2 is 2.23 bits per heavy atom. The number of nitrogens with zero attached hydrogens (tertiary/aromatic N) is 2. The molecule has 0 unspecified atom stereocenters. The van der Waals surface area contributed by atoms with Gasteiger partial charge in [-0.2, -0.15) is 0 Å². The Morgan fingerprint density at radius 1 is 1.45 bits per heavy atom. The Morgan fingerprint density at radius 3 is 2.77 bits per heavy atom. The summed E-state index contributed by atoms with van der Waals surface area (Å²) in [5.41, 5.74) is 0. The first-order chi connectivity index (χ1) is 10.7. The highest BCUT2D eigenvalue weighted by molar-refractivity contribution is 5.94. The second kappa shape index (κ2) is 7.96. The molecule has 0 radical (unpaired) electrons. The van der Waals surface area contributed by atoms with E-state index in [2.05, 4.69) is 21.9 Å². The van der Waals surface area contributed by atoms with E-state index >= 15 is 0 Å². The van der Waals surface area contributed by atoms with E-state index in [-0.39, 0.29) is 30.3 Å². The second-order valence-electron chi connectivity index (χ2n) is 5.88. The normalized spacial score (nSPS) is 15.4. The van der Waals surface area contributed by atoms with Gasteiger partial charge in [-0.05, 0) is 25.7 Å². The number of amides is 2. The molecule has 1 heterocycles. The molecule has 1 fully saturated rings. The van der Waals surface area contributed by atoms with Gasteiger partial charge in [-0.1, -0.05) is 31.8 Å². The number of hydrogen-bond acceptors (Lipinski definition) is 4. The average molecular weight is 307 g/mol. The maximum Gasteiger partial charge on any atom is 0.245 e. The van der Waals surface area contributed by atoms with E-state index in [4.69, 9.17) is 0 Å². The smallest absolute Gasteiger partial charge is 0.245 e. The number of unbranched alkanes of at least 4 members (excludes halogenated alkanes) is 1. The molecule has 2 amide bonds. The third-order valence-corrected chi connectivity index (χ3v) is 4.04. The molecule has 1 atom stereocenters. The topological polar surface area (TPSA) is 75.4 Å². The van der Waals surface area contributed by atoms with Gasteiger partial charge in [0.25, 0.3) is 0 Å². The molecule has 1 N–H and O–H groups in total. The lowest BCUT2D eigenvalue weighted by molar-refractivity contribution is -0.139. The fraction of sp³-hybridized carbons (Fsp3) is 0.688. The summed E-state index contributed by atoms with van der Waals surface area (Å²) < 4.78 is 4.68. The molecule has 6 nitrogen and oxygen atoms in total. The average Bonchev–Trinajstić information content (AvgIpc) is 3.23. The molecule has 0 aliphatic heterocycles. The maximum atomic E-state index is 12.7. The predicted molar refractivity (Wildman–Crippen MR) is 83.2 cm³/mol. The summed E-state index contributed by atoms with van der Waals surface area (Å²) in [6.07, 6.45) is 7.25. The molecule has 0 saturated heterocycles. The van der Waals surface area contributed by atoms with Crippen molar-refractivity contribution in [3.05, 3.63) is 12.3 Å². The zero-order chi connectivity index (χ0) is 15.9. The number of hydrogen-bond donors (Lipinski definition) is 1. The summed E-state index contributed by atoms with van der Waals surface area (Å²) in [5.74, 6) is 0.305. The molecule has 122 valence electrons. The van der Waals surface area contributed by atoms with E-state index in [1.807, 2.05) is 6.92 Å². The number of aromatic nitrogens is 1. The fourth-order valence-electron chi connectivity index (χ4n) is 2.57. The zero-order valence-corrected chi connectivity index (χ0v) is 13.4. The highest BCUT2D eigenvalue weighted by atomic mass is 16.5. The Kier molecular flexibility index (Phi) is 5.98. The van der Waals surface area contributed by atoms with Crippen LogP contribution in [-0.4, -0.2) is 34.5 Å². The van der Waals surface area contributed by atoms with Crippen molar-refractivity contribution < 1.29 is 14.1 Å². The van der Waals surface area contributed by atoms with Crippen molar-refractivity contribution in [3.63, 3.8) is 0 Å². The number of carbonyl (C=O) groups is 2. The van der Waals surface area contributed by atoms with Gasteiger partial charge < -0.3 is 14.7 Å². The summed E-state index contributed by atoms with van der Waals surface area (Å²) in [6.45, 7) is 4.26. The molecule has 1 aliphatic rings. The van der Waals surface area contributed by atoms with Crippen molar-refractivity contribution in [2.75, 3.05) is 11.9 Å². The van der Waals surface area contributed by atoms with Crippen LogP contribution in [0.5, 0.6) is 0 Å². The molecule has 1 aromatic rings. The molecule has 1 aromatic heterocycles. The SMILES string of the molecule is CCCC[C@H](CC)C(=O)N(CC(=O)Nc1ccon1)C1CC1. The zero-order valence-electron chi connectivity index (χ0n) is 13.4. The van der Waals surface area contributed by atoms with Crippen LogP contribution in [0.25, 0.3) is 0 Å². The monoisotopic (exact) mass is 307 g/mol. The van der Waals surface area contributed by atoms with Crippen molar-refractivity contribution in [1.82, 2.24) is 10.1 Å². The Bertz CT molecular complexity index is 483. The van der Waals surface area contributed by atoms with Crippen LogP contribution >= 0.6 is 0 Å². The second-order valence-corrected chi connectivity index (χ2v) is 5.88. The maximum absolute atomic E-state index is 12.7. The number of rotatable bonds is 9. The van der Waals surface area contributed by atoms with E-state index in [1.165, 1.54) is 6.26 Å². The number of anilines is 1. The minimum absolute atomic E-state index is 0.0281. The molecule has 0 aromatic carbocycles. The number of nitrogens with one attached hydrogen (secondary N) is 1. The molecule has 2 rings (SSSR count). The van der Waals surface area contributed by atoms with Crippen LogP contribution in [0.3, 0.4) is 0 Å². The Labute approximate surface area is 131 Å². The lowest BCUT2D eigenvalue weighted by Gasteiger charge is -2.26. The summed E-state index contributed by atoms with van der Waals surface area (Å²) in [5, 5.41) is 6.30. The lowest BCUT2D eigenvalue weighted by atomic mass is 9.97. The number of carbonyl (C=O) groups excluding carboxylic acids is 2. The van der Waals surface area contributed by atoms with E-state index in [0.29, 0.717) is 5.82 Å². The highest BCUT2D eigenvalue weighted by Crippen LogP contribution is 2.29. The van der Waals surface area contributed by atoms with E-state index in [9.17, 15) is 9.59 Å². The van der Waals surface area contributed by atoms with E-state index in [1.54, 1.807) is 11.0 Å². The molecule has 6 heteroatoms. The van der Waals surface area contributed by atoms with Crippen LogP contribution in [-0.2, 0) is 9.59 Å². The van der Waals surface area contributed by atoms with Crippen molar-refractivity contribution in [2.24, 2.45) is 5.92 Å². The van der Waals surface area contributed by atoms with Crippen molar-refractivity contribution >= 4 is 17.6 Å². The lowest BCUT2D eigenvalue weighted by Crippen LogP contribution is -2.42. The van der Waals surface area contributed by atoms with Gasteiger partial charge in [-0.3, -0.25) is 9.59 Å². The molecule has 1 aliphatic carbocycles. The highest BCUT2D eigenvalue weighted by Gasteiger charge is 2.36. The van der Waals surface area contributed by atoms with E-state index in [0.717, 1.165) is 38.5 Å². The molecule has 0 bridgehead atoms. The summed E-state index contributed by atoms with van der Waals surface area (Å²) in [6, 6.07) is 1.81. The Hall–Kier alpha value is -1.85. The fourth-order valence-corrected chi connectivity index (χ4v) is 2.57. The first-order valence-corrected chi connectivity index (χ1v) is 8.16. The molecule has 0 spiro atoms. The van der Waals surface area contributed by atoms with Gasteiger partial charge in [-0.25, -0.2) is 0 Å². The molecular formula is C16H25N3O3. The van der Waals surface area contributed by atoms with Crippen molar-refractivity contribution in [2.45, 2.75) is 58.4 Å². The van der Waals surface area contributed by atoms with Crippen LogP contribution in [0.2, 0.25) is 0 Å². The van der Waals surface area contributed by atoms with Gasteiger partial charge >= 0.3 is 0 Å².